The van der Waals surface area contributed by atoms with Crippen molar-refractivity contribution in [2.24, 2.45) is 5.84 Å². The fourth-order valence-corrected chi connectivity index (χ4v) is 2.61. The summed E-state index contributed by atoms with van der Waals surface area (Å²) < 4.78 is 20.4. The molecule has 17 heavy (non-hydrogen) atoms. The Kier molecular flexibility index (Phi) is 4.14. The third-order valence-electron chi connectivity index (χ3n) is 3.11. The summed E-state index contributed by atoms with van der Waals surface area (Å²) in [5.41, 5.74) is 3.21. The highest BCUT2D eigenvalue weighted by Gasteiger charge is 2.31. The van der Waals surface area contributed by atoms with Crippen LogP contribution in [0.25, 0.3) is 0 Å². The summed E-state index contributed by atoms with van der Waals surface area (Å²) >= 11 is 3.34. The van der Waals surface area contributed by atoms with E-state index in [-0.39, 0.29) is 24.1 Å². The number of nitrogens with two attached hydrogens (primary N) is 1. The number of ether oxygens (including phenoxy) is 1. The van der Waals surface area contributed by atoms with Gasteiger partial charge in [-0.25, -0.2) is 4.39 Å². The van der Waals surface area contributed by atoms with Crippen molar-refractivity contribution >= 4 is 15.9 Å². The van der Waals surface area contributed by atoms with E-state index in [1.54, 1.807) is 12.1 Å². The Labute approximate surface area is 109 Å². The van der Waals surface area contributed by atoms with E-state index in [2.05, 4.69) is 21.4 Å². The van der Waals surface area contributed by atoms with E-state index in [1.165, 1.54) is 6.07 Å². The summed E-state index contributed by atoms with van der Waals surface area (Å²) in [6.45, 7) is 2.02. The Morgan fingerprint density at radius 1 is 1.53 bits per heavy atom. The second-order valence-electron chi connectivity index (χ2n) is 4.37. The molecule has 3 unspecified atom stereocenters. The third kappa shape index (κ3) is 2.85. The first-order valence-electron chi connectivity index (χ1n) is 5.68. The van der Waals surface area contributed by atoms with Crippen LogP contribution in [0.1, 0.15) is 31.4 Å². The molecule has 2 rings (SSSR count). The van der Waals surface area contributed by atoms with E-state index in [0.717, 1.165) is 17.3 Å². The Morgan fingerprint density at radius 2 is 2.29 bits per heavy atom. The van der Waals surface area contributed by atoms with Crippen molar-refractivity contribution in [3.63, 3.8) is 0 Å². The van der Waals surface area contributed by atoms with E-state index in [4.69, 9.17) is 10.6 Å². The van der Waals surface area contributed by atoms with Gasteiger partial charge >= 0.3 is 0 Å². The first-order valence-corrected chi connectivity index (χ1v) is 6.47. The highest BCUT2D eigenvalue weighted by Crippen LogP contribution is 2.31. The minimum absolute atomic E-state index is 0.0706. The number of hydrogen-bond donors (Lipinski definition) is 2. The van der Waals surface area contributed by atoms with Gasteiger partial charge in [0.05, 0.1) is 18.2 Å². The van der Waals surface area contributed by atoms with Crippen LogP contribution in [0.2, 0.25) is 0 Å². The van der Waals surface area contributed by atoms with Crippen LogP contribution in [0.15, 0.2) is 22.7 Å². The van der Waals surface area contributed by atoms with Gasteiger partial charge in [0.2, 0.25) is 0 Å². The molecule has 1 aromatic rings. The van der Waals surface area contributed by atoms with Crippen LogP contribution in [-0.2, 0) is 4.74 Å². The molecule has 3 atom stereocenters. The van der Waals surface area contributed by atoms with Gasteiger partial charge in [-0.1, -0.05) is 15.9 Å². The Morgan fingerprint density at radius 3 is 2.88 bits per heavy atom. The molecule has 0 aliphatic carbocycles. The summed E-state index contributed by atoms with van der Waals surface area (Å²) in [7, 11) is 0. The van der Waals surface area contributed by atoms with Gasteiger partial charge in [0.25, 0.3) is 0 Å². The molecule has 0 spiro atoms. The number of hydrazine groups is 1. The molecule has 0 radical (unpaired) electrons. The van der Waals surface area contributed by atoms with E-state index in [1.807, 2.05) is 6.92 Å². The number of hydrogen-bond acceptors (Lipinski definition) is 3. The van der Waals surface area contributed by atoms with Gasteiger partial charge in [-0.15, -0.1) is 0 Å². The molecule has 1 heterocycles. The van der Waals surface area contributed by atoms with E-state index in [9.17, 15) is 4.39 Å². The largest absolute Gasteiger partial charge is 0.373 e. The van der Waals surface area contributed by atoms with Gasteiger partial charge in [-0.05, 0) is 38.0 Å². The number of rotatable bonds is 3. The summed E-state index contributed by atoms with van der Waals surface area (Å²) in [6, 6.07) is 4.54. The summed E-state index contributed by atoms with van der Waals surface area (Å²) in [5, 5.41) is 0. The Bertz CT molecular complexity index is 402. The first-order chi connectivity index (χ1) is 8.11. The predicted molar refractivity (Wildman–Crippen MR) is 67.7 cm³/mol. The monoisotopic (exact) mass is 302 g/mol. The summed E-state index contributed by atoms with van der Waals surface area (Å²) in [4.78, 5) is 0. The molecule has 0 amide bonds. The number of nitrogens with one attached hydrogen (secondary N) is 1. The van der Waals surface area contributed by atoms with Gasteiger partial charge in [0.15, 0.2) is 0 Å². The van der Waals surface area contributed by atoms with Crippen molar-refractivity contribution in [1.29, 1.82) is 0 Å². The molecular formula is C12H16BrFN2O. The zero-order valence-electron chi connectivity index (χ0n) is 9.62. The van der Waals surface area contributed by atoms with Crippen molar-refractivity contribution < 1.29 is 9.13 Å². The third-order valence-corrected chi connectivity index (χ3v) is 3.60. The lowest BCUT2D eigenvalue weighted by Gasteiger charge is -2.23. The highest BCUT2D eigenvalue weighted by atomic mass is 79.9. The maximum Gasteiger partial charge on any atom is 0.128 e. The van der Waals surface area contributed by atoms with Gasteiger partial charge in [0.1, 0.15) is 5.82 Å². The summed E-state index contributed by atoms with van der Waals surface area (Å²) in [6.07, 6.45) is 2.02. The fourth-order valence-electron chi connectivity index (χ4n) is 2.23. The SMILES string of the molecule is CC1CCC(C(NN)c2cc(Br)ccc2F)O1. The lowest BCUT2D eigenvalue weighted by atomic mass is 9.99. The van der Waals surface area contributed by atoms with Crippen LogP contribution in [-0.4, -0.2) is 12.2 Å². The molecular weight excluding hydrogens is 287 g/mol. The quantitative estimate of drug-likeness (QED) is 0.666. The number of halogens is 2. The summed E-state index contributed by atoms with van der Waals surface area (Å²) in [5.74, 6) is 5.27. The van der Waals surface area contributed by atoms with E-state index in [0.29, 0.717) is 5.56 Å². The van der Waals surface area contributed by atoms with Crippen LogP contribution < -0.4 is 11.3 Å². The maximum atomic E-state index is 13.8. The van der Waals surface area contributed by atoms with E-state index >= 15 is 0 Å². The van der Waals surface area contributed by atoms with E-state index < -0.39 is 0 Å². The highest BCUT2D eigenvalue weighted by molar-refractivity contribution is 9.10. The zero-order chi connectivity index (χ0) is 12.4. The van der Waals surface area contributed by atoms with Crippen LogP contribution in [0, 0.1) is 5.82 Å². The molecule has 0 aromatic heterocycles. The van der Waals surface area contributed by atoms with Crippen molar-refractivity contribution in [2.75, 3.05) is 0 Å². The molecule has 1 aromatic carbocycles. The fraction of sp³-hybridized carbons (Fsp3) is 0.500. The predicted octanol–water partition coefficient (Wildman–Crippen LogP) is 2.66. The molecule has 1 fully saturated rings. The first kappa shape index (κ1) is 13.0. The maximum absolute atomic E-state index is 13.8. The van der Waals surface area contributed by atoms with Crippen molar-refractivity contribution in [3.8, 4) is 0 Å². The molecule has 1 aliphatic heterocycles. The van der Waals surface area contributed by atoms with Gasteiger partial charge in [-0.3, -0.25) is 11.3 Å². The van der Waals surface area contributed by atoms with Gasteiger partial charge in [0, 0.05) is 10.0 Å². The van der Waals surface area contributed by atoms with Crippen LogP contribution in [0.3, 0.4) is 0 Å². The van der Waals surface area contributed by atoms with Gasteiger partial charge < -0.3 is 4.74 Å². The smallest absolute Gasteiger partial charge is 0.128 e. The van der Waals surface area contributed by atoms with Gasteiger partial charge in [-0.2, -0.15) is 0 Å². The Hall–Kier alpha value is -0.490. The minimum atomic E-state index is -0.308. The average Bonchev–Trinajstić information content (AvgIpc) is 2.71. The Balaban J connectivity index is 2.25. The van der Waals surface area contributed by atoms with Crippen LogP contribution >= 0.6 is 15.9 Å². The molecule has 1 saturated heterocycles. The van der Waals surface area contributed by atoms with Crippen molar-refractivity contribution in [3.05, 3.63) is 34.1 Å². The molecule has 3 N–H and O–H groups in total. The average molecular weight is 303 g/mol. The normalized spacial score (nSPS) is 26.1. The molecule has 1 aliphatic rings. The molecule has 0 saturated carbocycles. The van der Waals surface area contributed by atoms with Crippen molar-refractivity contribution in [2.45, 2.75) is 38.0 Å². The lowest BCUT2D eigenvalue weighted by Crippen LogP contribution is -2.37. The molecule has 94 valence electrons. The van der Waals surface area contributed by atoms with Crippen LogP contribution in [0.5, 0.6) is 0 Å². The second kappa shape index (κ2) is 5.44. The molecule has 3 nitrogen and oxygen atoms in total. The molecule has 5 heteroatoms. The second-order valence-corrected chi connectivity index (χ2v) is 5.29. The van der Waals surface area contributed by atoms with Crippen molar-refractivity contribution in [1.82, 2.24) is 5.43 Å². The minimum Gasteiger partial charge on any atom is -0.373 e. The molecule has 0 bridgehead atoms. The topological polar surface area (TPSA) is 47.3 Å². The number of benzene rings is 1. The van der Waals surface area contributed by atoms with Crippen LogP contribution in [0.4, 0.5) is 4.39 Å². The standard InChI is InChI=1S/C12H16BrFN2O/c1-7-2-5-11(17-7)12(16-15)9-6-8(13)3-4-10(9)14/h3-4,6-7,11-12,16H,2,5,15H2,1H3. The lowest BCUT2D eigenvalue weighted by molar-refractivity contribution is 0.0308. The zero-order valence-corrected chi connectivity index (χ0v) is 11.2.